The maximum Gasteiger partial charge on any atom is 0.242 e. The summed E-state index contributed by atoms with van der Waals surface area (Å²) in [7, 11) is 0. The molecule has 1 aromatic heterocycles. The van der Waals surface area contributed by atoms with Crippen LogP contribution in [-0.4, -0.2) is 16.9 Å². The number of nitrogens with zero attached hydrogens (tertiary/aromatic N) is 1. The summed E-state index contributed by atoms with van der Waals surface area (Å²) in [6.45, 7) is 0. The van der Waals surface area contributed by atoms with Crippen LogP contribution in [0.15, 0.2) is 54.9 Å². The number of rotatable bonds is 3. The highest BCUT2D eigenvalue weighted by atomic mass is 16.2. The first-order valence-electron chi connectivity index (χ1n) is 6.60. The van der Waals surface area contributed by atoms with E-state index in [0.29, 0.717) is 6.42 Å². The highest BCUT2D eigenvalue weighted by Crippen LogP contribution is 2.22. The minimum atomic E-state index is -0.242. The van der Waals surface area contributed by atoms with Gasteiger partial charge < -0.3 is 5.32 Å². The van der Waals surface area contributed by atoms with Crippen molar-refractivity contribution < 1.29 is 4.79 Å². The Morgan fingerprint density at radius 1 is 1.10 bits per heavy atom. The lowest BCUT2D eigenvalue weighted by Crippen LogP contribution is -2.39. The molecule has 2 heterocycles. The van der Waals surface area contributed by atoms with Crippen molar-refractivity contribution in [2.24, 2.45) is 0 Å². The van der Waals surface area contributed by atoms with Gasteiger partial charge in [0.05, 0.1) is 0 Å². The monoisotopic (exact) mass is 268 g/mol. The number of anilines is 1. The van der Waals surface area contributed by atoms with Gasteiger partial charge in [-0.2, -0.15) is 0 Å². The average Bonchev–Trinajstić information content (AvgIpc) is 2.99. The topological polar surface area (TPSA) is 66.0 Å². The van der Waals surface area contributed by atoms with Crippen molar-refractivity contribution in [1.82, 2.24) is 15.8 Å². The summed E-state index contributed by atoms with van der Waals surface area (Å²) in [6.07, 6.45) is 4.23. The van der Waals surface area contributed by atoms with E-state index in [1.165, 1.54) is 0 Å². The normalized spacial score (nSPS) is 21.6. The van der Waals surface area contributed by atoms with Crippen LogP contribution in [0.3, 0.4) is 0 Å². The predicted octanol–water partition coefficient (Wildman–Crippen LogP) is 1.63. The molecule has 2 atom stereocenters. The van der Waals surface area contributed by atoms with Crippen molar-refractivity contribution in [3.8, 4) is 0 Å². The Kier molecular flexibility index (Phi) is 3.71. The fourth-order valence-corrected chi connectivity index (χ4v) is 2.29. The zero-order valence-corrected chi connectivity index (χ0v) is 10.9. The van der Waals surface area contributed by atoms with Crippen LogP contribution >= 0.6 is 0 Å². The molecule has 0 bridgehead atoms. The van der Waals surface area contributed by atoms with Crippen molar-refractivity contribution in [3.63, 3.8) is 0 Å². The SMILES string of the molecule is O=C(Nc1ccccc1)C1CC(c2ccncc2)NN1. The molecular weight excluding hydrogens is 252 g/mol. The Hall–Kier alpha value is -2.24. The molecule has 0 radical (unpaired) electrons. The largest absolute Gasteiger partial charge is 0.325 e. The summed E-state index contributed by atoms with van der Waals surface area (Å²) in [5, 5.41) is 2.90. The third kappa shape index (κ3) is 2.84. The van der Waals surface area contributed by atoms with Gasteiger partial charge in [0.2, 0.25) is 5.91 Å². The van der Waals surface area contributed by atoms with Crippen LogP contribution in [-0.2, 0) is 4.79 Å². The molecule has 1 aliphatic heterocycles. The van der Waals surface area contributed by atoms with Gasteiger partial charge in [-0.15, -0.1) is 0 Å². The number of hydrogen-bond donors (Lipinski definition) is 3. The van der Waals surface area contributed by atoms with E-state index < -0.39 is 0 Å². The number of carbonyl (C=O) groups is 1. The molecule has 20 heavy (non-hydrogen) atoms. The molecule has 1 aliphatic rings. The minimum absolute atomic E-state index is 0.0275. The molecule has 1 fully saturated rings. The number of para-hydroxylation sites is 1. The molecule has 5 heteroatoms. The number of benzene rings is 1. The smallest absolute Gasteiger partial charge is 0.242 e. The lowest BCUT2D eigenvalue weighted by molar-refractivity contribution is -0.117. The van der Waals surface area contributed by atoms with Gasteiger partial charge in [0, 0.05) is 24.1 Å². The molecule has 3 N–H and O–H groups in total. The first kappa shape index (κ1) is 12.8. The van der Waals surface area contributed by atoms with Crippen LogP contribution < -0.4 is 16.2 Å². The summed E-state index contributed by atoms with van der Waals surface area (Å²) >= 11 is 0. The van der Waals surface area contributed by atoms with Crippen molar-refractivity contribution in [1.29, 1.82) is 0 Å². The second-order valence-corrected chi connectivity index (χ2v) is 4.77. The zero-order chi connectivity index (χ0) is 13.8. The summed E-state index contributed by atoms with van der Waals surface area (Å²) < 4.78 is 0. The number of carbonyl (C=O) groups excluding carboxylic acids is 1. The number of hydrazine groups is 1. The van der Waals surface area contributed by atoms with E-state index in [1.54, 1.807) is 12.4 Å². The van der Waals surface area contributed by atoms with Gasteiger partial charge in [-0.25, -0.2) is 10.9 Å². The quantitative estimate of drug-likeness (QED) is 0.791. The summed E-state index contributed by atoms with van der Waals surface area (Å²) in [6, 6.07) is 13.3. The van der Waals surface area contributed by atoms with Gasteiger partial charge in [0.15, 0.2) is 0 Å². The Morgan fingerprint density at radius 3 is 2.60 bits per heavy atom. The van der Waals surface area contributed by atoms with Gasteiger partial charge in [-0.05, 0) is 36.2 Å². The lowest BCUT2D eigenvalue weighted by atomic mass is 10.0. The Balaban J connectivity index is 1.61. The molecule has 0 spiro atoms. The van der Waals surface area contributed by atoms with Gasteiger partial charge in [-0.1, -0.05) is 18.2 Å². The highest BCUT2D eigenvalue weighted by molar-refractivity contribution is 5.95. The molecule has 2 aromatic rings. The van der Waals surface area contributed by atoms with Crippen LogP contribution in [0.1, 0.15) is 18.0 Å². The van der Waals surface area contributed by atoms with E-state index >= 15 is 0 Å². The second-order valence-electron chi connectivity index (χ2n) is 4.77. The van der Waals surface area contributed by atoms with Crippen LogP contribution in [0.4, 0.5) is 5.69 Å². The third-order valence-electron chi connectivity index (χ3n) is 3.37. The third-order valence-corrected chi connectivity index (χ3v) is 3.37. The minimum Gasteiger partial charge on any atom is -0.325 e. The summed E-state index contributed by atoms with van der Waals surface area (Å²) in [4.78, 5) is 16.2. The van der Waals surface area contributed by atoms with E-state index in [4.69, 9.17) is 0 Å². The molecule has 0 aliphatic carbocycles. The number of nitrogens with one attached hydrogen (secondary N) is 3. The van der Waals surface area contributed by atoms with E-state index in [-0.39, 0.29) is 18.0 Å². The Bertz CT molecular complexity index is 573. The summed E-state index contributed by atoms with van der Waals surface area (Å²) in [5.41, 5.74) is 8.13. The first-order valence-corrected chi connectivity index (χ1v) is 6.60. The molecule has 102 valence electrons. The van der Waals surface area contributed by atoms with E-state index in [0.717, 1.165) is 11.3 Å². The highest BCUT2D eigenvalue weighted by Gasteiger charge is 2.29. The van der Waals surface area contributed by atoms with E-state index in [1.807, 2.05) is 42.5 Å². The standard InChI is InChI=1S/C15H16N4O/c20-15(17-12-4-2-1-3-5-12)14-10-13(18-19-14)11-6-8-16-9-7-11/h1-9,13-14,18-19H,10H2,(H,17,20). The van der Waals surface area contributed by atoms with Crippen LogP contribution in [0.2, 0.25) is 0 Å². The second kappa shape index (κ2) is 5.81. The number of pyridine rings is 1. The molecule has 1 saturated heterocycles. The van der Waals surface area contributed by atoms with Crippen molar-refractivity contribution >= 4 is 11.6 Å². The zero-order valence-electron chi connectivity index (χ0n) is 10.9. The fraction of sp³-hybridized carbons (Fsp3) is 0.200. The maximum absolute atomic E-state index is 12.2. The summed E-state index contributed by atoms with van der Waals surface area (Å²) in [5.74, 6) is -0.0275. The van der Waals surface area contributed by atoms with Crippen LogP contribution in [0.25, 0.3) is 0 Å². The fourth-order valence-electron chi connectivity index (χ4n) is 2.29. The number of aromatic nitrogens is 1. The van der Waals surface area contributed by atoms with Gasteiger partial charge >= 0.3 is 0 Å². The van der Waals surface area contributed by atoms with Crippen LogP contribution in [0, 0.1) is 0 Å². The van der Waals surface area contributed by atoms with Crippen molar-refractivity contribution in [3.05, 3.63) is 60.4 Å². The van der Waals surface area contributed by atoms with Gasteiger partial charge in [0.1, 0.15) is 6.04 Å². The van der Waals surface area contributed by atoms with Crippen molar-refractivity contribution in [2.75, 3.05) is 5.32 Å². The molecule has 2 unspecified atom stereocenters. The van der Waals surface area contributed by atoms with Gasteiger partial charge in [0.25, 0.3) is 0 Å². The molecular formula is C15H16N4O. The first-order chi connectivity index (χ1) is 9.83. The van der Waals surface area contributed by atoms with Gasteiger partial charge in [-0.3, -0.25) is 9.78 Å². The maximum atomic E-state index is 12.2. The number of amides is 1. The molecule has 0 saturated carbocycles. The predicted molar refractivity (Wildman–Crippen MR) is 76.7 cm³/mol. The molecule has 1 amide bonds. The van der Waals surface area contributed by atoms with Crippen LogP contribution in [0.5, 0.6) is 0 Å². The van der Waals surface area contributed by atoms with E-state index in [2.05, 4.69) is 21.2 Å². The molecule has 5 nitrogen and oxygen atoms in total. The van der Waals surface area contributed by atoms with E-state index in [9.17, 15) is 4.79 Å². The van der Waals surface area contributed by atoms with Crippen molar-refractivity contribution in [2.45, 2.75) is 18.5 Å². The average molecular weight is 268 g/mol. The lowest BCUT2D eigenvalue weighted by Gasteiger charge is -2.10. The Labute approximate surface area is 117 Å². The molecule has 1 aromatic carbocycles. The molecule has 3 rings (SSSR count). The number of hydrogen-bond acceptors (Lipinski definition) is 4. The Morgan fingerprint density at radius 2 is 1.85 bits per heavy atom.